The van der Waals surface area contributed by atoms with Crippen LogP contribution >= 0.6 is 0 Å². The van der Waals surface area contributed by atoms with E-state index < -0.39 is 0 Å². The summed E-state index contributed by atoms with van der Waals surface area (Å²) >= 11 is 0. The lowest BCUT2D eigenvalue weighted by molar-refractivity contribution is -0.122. The second kappa shape index (κ2) is 6.48. The summed E-state index contributed by atoms with van der Waals surface area (Å²) in [5.74, 6) is -0.409. The molecule has 2 aromatic carbocycles. The third-order valence-corrected chi connectivity index (χ3v) is 4.44. The Balaban J connectivity index is 1.74. The number of amides is 2. The minimum Gasteiger partial charge on any atom is -0.326 e. The van der Waals surface area contributed by atoms with Crippen LogP contribution < -0.4 is 10.2 Å². The standard InChI is InChI=1S/C20H22N2O2/c1-13-5-4-6-17(9-13)21-20(24)16-11-19(23)22(12-16)18-10-14(2)7-8-15(18)3/h4-10,16H,11-12H2,1-3H3,(H,21,24)/t16-/m1/s1. The molecule has 2 aromatic rings. The fourth-order valence-electron chi connectivity index (χ4n) is 3.09. The molecule has 0 unspecified atom stereocenters. The first-order chi connectivity index (χ1) is 11.4. The fourth-order valence-corrected chi connectivity index (χ4v) is 3.09. The normalized spacial score (nSPS) is 17.2. The first-order valence-electron chi connectivity index (χ1n) is 8.19. The van der Waals surface area contributed by atoms with Gasteiger partial charge in [-0.2, -0.15) is 0 Å². The topological polar surface area (TPSA) is 49.4 Å². The Morgan fingerprint density at radius 3 is 2.58 bits per heavy atom. The third-order valence-electron chi connectivity index (χ3n) is 4.44. The molecule has 0 aromatic heterocycles. The molecule has 1 atom stereocenters. The molecule has 0 aliphatic carbocycles. The van der Waals surface area contributed by atoms with Crippen LogP contribution in [0, 0.1) is 26.7 Å². The van der Waals surface area contributed by atoms with Gasteiger partial charge in [0.2, 0.25) is 11.8 Å². The first kappa shape index (κ1) is 16.2. The maximum absolute atomic E-state index is 12.5. The number of aryl methyl sites for hydroxylation is 3. The molecule has 0 bridgehead atoms. The van der Waals surface area contributed by atoms with Gasteiger partial charge in [-0.25, -0.2) is 0 Å². The van der Waals surface area contributed by atoms with Gasteiger partial charge in [-0.15, -0.1) is 0 Å². The molecule has 3 rings (SSSR count). The molecule has 4 nitrogen and oxygen atoms in total. The molecule has 0 radical (unpaired) electrons. The highest BCUT2D eigenvalue weighted by Crippen LogP contribution is 2.29. The van der Waals surface area contributed by atoms with Gasteiger partial charge in [-0.05, 0) is 55.7 Å². The molecular formula is C20H22N2O2. The zero-order valence-corrected chi connectivity index (χ0v) is 14.3. The number of carbonyl (C=O) groups excluding carboxylic acids is 2. The minimum atomic E-state index is -0.321. The van der Waals surface area contributed by atoms with Crippen LogP contribution in [0.2, 0.25) is 0 Å². The lowest BCUT2D eigenvalue weighted by Gasteiger charge is -2.19. The number of rotatable bonds is 3. The molecule has 0 spiro atoms. The Morgan fingerprint density at radius 1 is 1.08 bits per heavy atom. The van der Waals surface area contributed by atoms with Gasteiger partial charge < -0.3 is 10.2 Å². The van der Waals surface area contributed by atoms with E-state index in [1.165, 1.54) is 0 Å². The second-order valence-corrected chi connectivity index (χ2v) is 6.55. The van der Waals surface area contributed by atoms with Gasteiger partial charge >= 0.3 is 0 Å². The average molecular weight is 322 g/mol. The molecule has 0 saturated carbocycles. The summed E-state index contributed by atoms with van der Waals surface area (Å²) in [7, 11) is 0. The number of hydrogen-bond acceptors (Lipinski definition) is 2. The predicted molar refractivity (Wildman–Crippen MR) is 96.2 cm³/mol. The van der Waals surface area contributed by atoms with E-state index in [1.807, 2.05) is 63.2 Å². The van der Waals surface area contributed by atoms with Crippen molar-refractivity contribution in [2.24, 2.45) is 5.92 Å². The van der Waals surface area contributed by atoms with Crippen molar-refractivity contribution in [2.75, 3.05) is 16.8 Å². The maximum atomic E-state index is 12.5. The highest BCUT2D eigenvalue weighted by Gasteiger charge is 2.35. The van der Waals surface area contributed by atoms with Gasteiger partial charge in [0.05, 0.1) is 5.92 Å². The van der Waals surface area contributed by atoms with Crippen LogP contribution in [0.15, 0.2) is 42.5 Å². The van der Waals surface area contributed by atoms with Crippen molar-refractivity contribution in [3.63, 3.8) is 0 Å². The van der Waals surface area contributed by atoms with Crippen LogP contribution in [0.25, 0.3) is 0 Å². The Bertz CT molecular complexity index is 798. The lowest BCUT2D eigenvalue weighted by atomic mass is 10.1. The minimum absolute atomic E-state index is 0.00749. The molecular weight excluding hydrogens is 300 g/mol. The SMILES string of the molecule is Cc1cccc(NC(=O)[C@@H]2CC(=O)N(c3cc(C)ccc3C)C2)c1. The van der Waals surface area contributed by atoms with Crippen LogP contribution in [0.5, 0.6) is 0 Å². The zero-order valence-electron chi connectivity index (χ0n) is 14.3. The van der Waals surface area contributed by atoms with Crippen molar-refractivity contribution < 1.29 is 9.59 Å². The highest BCUT2D eigenvalue weighted by molar-refractivity contribution is 6.03. The predicted octanol–water partition coefficient (Wildman–Crippen LogP) is 3.60. The summed E-state index contributed by atoms with van der Waals surface area (Å²) in [6.07, 6.45) is 0.255. The molecule has 1 N–H and O–H groups in total. The molecule has 24 heavy (non-hydrogen) atoms. The van der Waals surface area contributed by atoms with Crippen molar-refractivity contribution in [3.8, 4) is 0 Å². The highest BCUT2D eigenvalue weighted by atomic mass is 16.2. The van der Waals surface area contributed by atoms with Crippen LogP contribution in [0.1, 0.15) is 23.1 Å². The Hall–Kier alpha value is -2.62. The van der Waals surface area contributed by atoms with E-state index in [0.29, 0.717) is 6.54 Å². The number of carbonyl (C=O) groups is 2. The van der Waals surface area contributed by atoms with Crippen molar-refractivity contribution in [2.45, 2.75) is 27.2 Å². The summed E-state index contributed by atoms with van der Waals surface area (Å²) < 4.78 is 0. The summed E-state index contributed by atoms with van der Waals surface area (Å²) in [4.78, 5) is 26.7. The van der Waals surface area contributed by atoms with Crippen LogP contribution in [0.3, 0.4) is 0 Å². The fraction of sp³-hybridized carbons (Fsp3) is 0.300. The number of nitrogens with one attached hydrogen (secondary N) is 1. The van der Waals surface area contributed by atoms with Crippen molar-refractivity contribution >= 4 is 23.2 Å². The van der Waals surface area contributed by atoms with Gasteiger partial charge in [0.1, 0.15) is 0 Å². The number of nitrogens with zero attached hydrogens (tertiary/aromatic N) is 1. The molecule has 1 aliphatic rings. The molecule has 4 heteroatoms. The van der Waals surface area contributed by atoms with Crippen LogP contribution in [0.4, 0.5) is 11.4 Å². The quantitative estimate of drug-likeness (QED) is 0.938. The Labute approximate surface area is 142 Å². The summed E-state index contributed by atoms with van der Waals surface area (Å²) in [6, 6.07) is 13.7. The van der Waals surface area contributed by atoms with E-state index in [0.717, 1.165) is 28.1 Å². The molecule has 124 valence electrons. The van der Waals surface area contributed by atoms with E-state index >= 15 is 0 Å². The number of hydrogen-bond donors (Lipinski definition) is 1. The zero-order chi connectivity index (χ0) is 17.3. The molecule has 1 aliphatic heterocycles. The van der Waals surface area contributed by atoms with E-state index in [2.05, 4.69) is 5.32 Å². The van der Waals surface area contributed by atoms with Gasteiger partial charge in [-0.3, -0.25) is 9.59 Å². The first-order valence-corrected chi connectivity index (χ1v) is 8.19. The molecule has 2 amide bonds. The third kappa shape index (κ3) is 3.32. The summed E-state index contributed by atoms with van der Waals surface area (Å²) in [6.45, 7) is 6.41. The Morgan fingerprint density at radius 2 is 1.83 bits per heavy atom. The van der Waals surface area contributed by atoms with Gasteiger partial charge in [-0.1, -0.05) is 24.3 Å². The van der Waals surface area contributed by atoms with E-state index in [-0.39, 0.29) is 24.2 Å². The van der Waals surface area contributed by atoms with Crippen molar-refractivity contribution in [1.82, 2.24) is 0 Å². The van der Waals surface area contributed by atoms with E-state index in [9.17, 15) is 9.59 Å². The Kier molecular flexibility index (Phi) is 4.38. The average Bonchev–Trinajstić information content (AvgIpc) is 2.92. The molecule has 1 saturated heterocycles. The van der Waals surface area contributed by atoms with Crippen molar-refractivity contribution in [1.29, 1.82) is 0 Å². The van der Waals surface area contributed by atoms with Crippen LogP contribution in [-0.2, 0) is 9.59 Å². The monoisotopic (exact) mass is 322 g/mol. The van der Waals surface area contributed by atoms with Gasteiger partial charge in [0, 0.05) is 24.3 Å². The molecule has 1 fully saturated rings. The van der Waals surface area contributed by atoms with E-state index in [1.54, 1.807) is 4.90 Å². The summed E-state index contributed by atoms with van der Waals surface area (Å²) in [5.41, 5.74) is 4.93. The van der Waals surface area contributed by atoms with Crippen LogP contribution in [-0.4, -0.2) is 18.4 Å². The van der Waals surface area contributed by atoms with Gasteiger partial charge in [0.15, 0.2) is 0 Å². The molecule has 1 heterocycles. The second-order valence-electron chi connectivity index (χ2n) is 6.55. The number of benzene rings is 2. The maximum Gasteiger partial charge on any atom is 0.229 e. The van der Waals surface area contributed by atoms with Gasteiger partial charge in [0.25, 0.3) is 0 Å². The smallest absolute Gasteiger partial charge is 0.229 e. The largest absolute Gasteiger partial charge is 0.326 e. The number of anilines is 2. The summed E-state index contributed by atoms with van der Waals surface area (Å²) in [5, 5.41) is 2.93. The van der Waals surface area contributed by atoms with E-state index in [4.69, 9.17) is 0 Å². The van der Waals surface area contributed by atoms with Crippen molar-refractivity contribution in [3.05, 3.63) is 59.2 Å². The lowest BCUT2D eigenvalue weighted by Crippen LogP contribution is -2.28.